The molecule has 1 aromatic heterocycles. The van der Waals surface area contributed by atoms with Crippen molar-refractivity contribution in [3.8, 4) is 0 Å². The number of nitrogens with zero attached hydrogens (tertiary/aromatic N) is 2. The smallest absolute Gasteiger partial charge is 0.395 e. The van der Waals surface area contributed by atoms with E-state index >= 15 is 0 Å². The molecule has 0 saturated heterocycles. The van der Waals surface area contributed by atoms with Crippen molar-refractivity contribution < 1.29 is 27.1 Å². The number of hydrogen-bond donors (Lipinski definition) is 2. The number of anilines is 2. The first-order valence-corrected chi connectivity index (χ1v) is 5.81. The number of pyridine rings is 1. The Morgan fingerprint density at radius 1 is 1.30 bits per heavy atom. The maximum Gasteiger partial charge on any atom is 0.405 e. The zero-order chi connectivity index (χ0) is 15.3. The highest BCUT2D eigenvalue weighted by Gasteiger charge is 2.32. The fourth-order valence-corrected chi connectivity index (χ4v) is 1.57. The first-order chi connectivity index (χ1) is 9.28. The van der Waals surface area contributed by atoms with Crippen LogP contribution in [0.25, 0.3) is 0 Å². The molecule has 0 radical (unpaired) electrons. The van der Waals surface area contributed by atoms with E-state index in [4.69, 9.17) is 5.11 Å². The molecule has 0 atom stereocenters. The Morgan fingerprint density at radius 3 is 2.45 bits per heavy atom. The average Bonchev–Trinajstić information content (AvgIpc) is 2.30. The molecule has 20 heavy (non-hydrogen) atoms. The van der Waals surface area contributed by atoms with Crippen molar-refractivity contribution in [3.63, 3.8) is 0 Å². The first-order valence-electron chi connectivity index (χ1n) is 5.81. The van der Waals surface area contributed by atoms with Gasteiger partial charge in [0.25, 0.3) is 0 Å². The summed E-state index contributed by atoms with van der Waals surface area (Å²) in [6.07, 6.45) is -4.60. The van der Waals surface area contributed by atoms with E-state index in [0.29, 0.717) is 11.0 Å². The molecular formula is C11H14F5N3O. The second-order valence-electron chi connectivity index (χ2n) is 3.91. The van der Waals surface area contributed by atoms with Crippen molar-refractivity contribution in [1.82, 2.24) is 4.98 Å². The second-order valence-corrected chi connectivity index (χ2v) is 3.91. The molecule has 1 heterocycles. The number of nitrogens with one attached hydrogen (secondary N) is 1. The molecule has 1 rings (SSSR count). The topological polar surface area (TPSA) is 48.4 Å². The van der Waals surface area contributed by atoms with Crippen molar-refractivity contribution in [1.29, 1.82) is 0 Å². The van der Waals surface area contributed by atoms with Crippen LogP contribution in [0.2, 0.25) is 0 Å². The van der Waals surface area contributed by atoms with Gasteiger partial charge in [-0.05, 0) is 6.92 Å². The van der Waals surface area contributed by atoms with Crippen molar-refractivity contribution in [2.45, 2.75) is 13.1 Å². The molecule has 0 unspecified atom stereocenters. The summed E-state index contributed by atoms with van der Waals surface area (Å²) >= 11 is 0. The minimum Gasteiger partial charge on any atom is -0.395 e. The molecule has 1 aromatic rings. The van der Waals surface area contributed by atoms with Gasteiger partial charge in [0.15, 0.2) is 23.3 Å². The predicted molar refractivity (Wildman–Crippen MR) is 63.7 cm³/mol. The van der Waals surface area contributed by atoms with Crippen molar-refractivity contribution in [2.24, 2.45) is 0 Å². The van der Waals surface area contributed by atoms with Gasteiger partial charge in [-0.15, -0.1) is 0 Å². The molecule has 0 fully saturated rings. The third-order valence-corrected chi connectivity index (χ3v) is 2.29. The quantitative estimate of drug-likeness (QED) is 0.790. The summed E-state index contributed by atoms with van der Waals surface area (Å²) < 4.78 is 64.2. The monoisotopic (exact) mass is 299 g/mol. The van der Waals surface area contributed by atoms with Crippen LogP contribution in [0, 0.1) is 11.6 Å². The van der Waals surface area contributed by atoms with E-state index in [1.165, 1.54) is 0 Å². The van der Waals surface area contributed by atoms with Gasteiger partial charge in [0, 0.05) is 19.2 Å². The Hall–Kier alpha value is -1.64. The lowest BCUT2D eigenvalue weighted by molar-refractivity contribution is -0.120. The summed E-state index contributed by atoms with van der Waals surface area (Å²) in [5.74, 6) is -3.21. The van der Waals surface area contributed by atoms with E-state index in [2.05, 4.69) is 10.3 Å². The van der Waals surface area contributed by atoms with Crippen LogP contribution < -0.4 is 10.2 Å². The van der Waals surface area contributed by atoms with Crippen LogP contribution >= 0.6 is 0 Å². The maximum atomic E-state index is 13.6. The Labute approximate surface area is 112 Å². The third-order valence-electron chi connectivity index (χ3n) is 2.29. The molecular weight excluding hydrogens is 285 g/mol. The van der Waals surface area contributed by atoms with Gasteiger partial charge >= 0.3 is 6.18 Å². The second kappa shape index (κ2) is 6.69. The number of aliphatic hydroxyl groups is 1. The zero-order valence-corrected chi connectivity index (χ0v) is 10.6. The van der Waals surface area contributed by atoms with Gasteiger partial charge in [-0.3, -0.25) is 0 Å². The molecule has 2 N–H and O–H groups in total. The van der Waals surface area contributed by atoms with Gasteiger partial charge in [-0.2, -0.15) is 13.2 Å². The number of rotatable bonds is 6. The summed E-state index contributed by atoms with van der Waals surface area (Å²) in [6, 6.07) is 0.459. The number of hydrogen-bond acceptors (Lipinski definition) is 4. The van der Waals surface area contributed by atoms with Crippen LogP contribution in [0.4, 0.5) is 33.6 Å². The van der Waals surface area contributed by atoms with E-state index in [0.717, 1.165) is 0 Å². The highest BCUT2D eigenvalue weighted by molar-refractivity contribution is 5.49. The molecule has 114 valence electrons. The largest absolute Gasteiger partial charge is 0.405 e. The molecule has 4 nitrogen and oxygen atoms in total. The van der Waals surface area contributed by atoms with Crippen LogP contribution in [0.5, 0.6) is 0 Å². The van der Waals surface area contributed by atoms with Gasteiger partial charge in [-0.25, -0.2) is 13.8 Å². The van der Waals surface area contributed by atoms with E-state index in [1.807, 2.05) is 0 Å². The fourth-order valence-electron chi connectivity index (χ4n) is 1.57. The van der Waals surface area contributed by atoms with Crippen LogP contribution in [0.3, 0.4) is 0 Å². The Morgan fingerprint density at radius 2 is 1.95 bits per heavy atom. The summed E-state index contributed by atoms with van der Waals surface area (Å²) in [5, 5.41) is 11.2. The first kappa shape index (κ1) is 16.4. The summed E-state index contributed by atoms with van der Waals surface area (Å²) in [5.41, 5.74) is 0. The van der Waals surface area contributed by atoms with Crippen molar-refractivity contribution in [3.05, 3.63) is 17.7 Å². The predicted octanol–water partition coefficient (Wildman–Crippen LogP) is 2.15. The highest BCUT2D eigenvalue weighted by atomic mass is 19.4. The SMILES string of the molecule is CCNc1nc(N(CCO)CC(F)(F)F)c(F)cc1F. The van der Waals surface area contributed by atoms with Crippen LogP contribution in [0.1, 0.15) is 6.92 Å². The number of halogens is 5. The standard InChI is InChI=1S/C11H14F5N3O/c1-2-17-9-7(12)5-8(13)10(18-9)19(3-4-20)6-11(14,15)16/h5,20H,2-4,6H2,1H3,(H,17,18). The molecule has 9 heteroatoms. The summed E-state index contributed by atoms with van der Waals surface area (Å²) in [7, 11) is 0. The number of aliphatic hydroxyl groups excluding tert-OH is 1. The lowest BCUT2D eigenvalue weighted by Crippen LogP contribution is -2.37. The Kier molecular flexibility index (Phi) is 5.49. The molecule has 0 saturated carbocycles. The molecule has 0 aliphatic heterocycles. The minimum atomic E-state index is -4.60. The highest BCUT2D eigenvalue weighted by Crippen LogP contribution is 2.25. The third kappa shape index (κ3) is 4.48. The van der Waals surface area contributed by atoms with E-state index < -0.39 is 43.3 Å². The van der Waals surface area contributed by atoms with Gasteiger partial charge in [0.05, 0.1) is 6.61 Å². The lowest BCUT2D eigenvalue weighted by Gasteiger charge is -2.25. The zero-order valence-electron chi connectivity index (χ0n) is 10.6. The van der Waals surface area contributed by atoms with Crippen molar-refractivity contribution >= 4 is 11.6 Å². The number of alkyl halides is 3. The van der Waals surface area contributed by atoms with Crippen LogP contribution in [-0.2, 0) is 0 Å². The Bertz CT molecular complexity index is 452. The van der Waals surface area contributed by atoms with Crippen LogP contribution in [-0.4, -0.2) is 42.5 Å². The lowest BCUT2D eigenvalue weighted by atomic mass is 10.3. The average molecular weight is 299 g/mol. The molecule has 0 amide bonds. The summed E-state index contributed by atoms with van der Waals surface area (Å²) in [4.78, 5) is 4.03. The molecule has 0 aliphatic rings. The molecule has 0 aliphatic carbocycles. The molecule has 0 aromatic carbocycles. The molecule has 0 spiro atoms. The van der Waals surface area contributed by atoms with E-state index in [-0.39, 0.29) is 12.4 Å². The fraction of sp³-hybridized carbons (Fsp3) is 0.545. The van der Waals surface area contributed by atoms with Crippen LogP contribution in [0.15, 0.2) is 6.07 Å². The Balaban J connectivity index is 3.14. The van der Waals surface area contributed by atoms with E-state index in [9.17, 15) is 22.0 Å². The van der Waals surface area contributed by atoms with Gasteiger partial charge in [0.2, 0.25) is 0 Å². The summed E-state index contributed by atoms with van der Waals surface area (Å²) in [6.45, 7) is -0.681. The van der Waals surface area contributed by atoms with E-state index in [1.54, 1.807) is 6.92 Å². The number of aromatic nitrogens is 1. The molecule has 0 bridgehead atoms. The van der Waals surface area contributed by atoms with Gasteiger partial charge in [0.1, 0.15) is 6.54 Å². The van der Waals surface area contributed by atoms with Crippen molar-refractivity contribution in [2.75, 3.05) is 36.5 Å². The normalized spacial score (nSPS) is 11.6. The maximum absolute atomic E-state index is 13.6. The van der Waals surface area contributed by atoms with Gasteiger partial charge in [-0.1, -0.05) is 0 Å². The minimum absolute atomic E-state index is 0.272. The van der Waals surface area contributed by atoms with Gasteiger partial charge < -0.3 is 15.3 Å².